The zero-order valence-electron chi connectivity index (χ0n) is 23.2. The van der Waals surface area contributed by atoms with Crippen LogP contribution in [0.15, 0.2) is 71.1 Å². The van der Waals surface area contributed by atoms with E-state index >= 15 is 0 Å². The highest BCUT2D eigenvalue weighted by molar-refractivity contribution is 5.96. The summed E-state index contributed by atoms with van der Waals surface area (Å²) in [5.41, 5.74) is 2.86. The number of nitrogens with zero attached hydrogens (tertiary/aromatic N) is 2. The highest BCUT2D eigenvalue weighted by Gasteiger charge is 2.23. The van der Waals surface area contributed by atoms with E-state index in [4.69, 9.17) is 9.15 Å². The third-order valence-corrected chi connectivity index (χ3v) is 6.52. The lowest BCUT2D eigenvalue weighted by molar-refractivity contribution is -0.133. The van der Waals surface area contributed by atoms with Gasteiger partial charge < -0.3 is 19.0 Å². The van der Waals surface area contributed by atoms with Crippen molar-refractivity contribution in [1.82, 2.24) is 9.80 Å². The molecule has 38 heavy (non-hydrogen) atoms. The molecule has 6 nitrogen and oxygen atoms in total. The second-order valence-electron chi connectivity index (χ2n) is 9.68. The monoisotopic (exact) mass is 518 g/mol. The number of unbranched alkanes of at least 4 members (excludes halogenated alkanes) is 2. The molecule has 204 valence electrons. The first-order valence-corrected chi connectivity index (χ1v) is 13.8. The Labute approximate surface area is 227 Å². The van der Waals surface area contributed by atoms with Crippen LogP contribution in [-0.4, -0.2) is 47.9 Å². The van der Waals surface area contributed by atoms with E-state index in [1.54, 1.807) is 9.80 Å². The first-order valence-electron chi connectivity index (χ1n) is 13.8. The van der Waals surface area contributed by atoms with Crippen molar-refractivity contribution in [2.75, 3.05) is 26.3 Å². The van der Waals surface area contributed by atoms with E-state index in [1.807, 2.05) is 80.6 Å². The van der Waals surface area contributed by atoms with Gasteiger partial charge >= 0.3 is 0 Å². The highest BCUT2D eigenvalue weighted by atomic mass is 16.5. The Bertz CT molecular complexity index is 1110. The third-order valence-electron chi connectivity index (χ3n) is 6.52. The van der Waals surface area contributed by atoms with Crippen molar-refractivity contribution in [3.63, 3.8) is 0 Å². The van der Waals surface area contributed by atoms with Crippen LogP contribution in [-0.2, 0) is 29.0 Å². The minimum absolute atomic E-state index is 0.00423. The molecule has 0 N–H and O–H groups in total. The van der Waals surface area contributed by atoms with Crippen LogP contribution < -0.4 is 0 Å². The molecule has 2 aromatic carbocycles. The topological polar surface area (TPSA) is 63.0 Å². The minimum atomic E-state index is -0.136. The van der Waals surface area contributed by atoms with Crippen LogP contribution >= 0.6 is 0 Å². The van der Waals surface area contributed by atoms with E-state index in [0.29, 0.717) is 44.8 Å². The van der Waals surface area contributed by atoms with Crippen LogP contribution in [0.2, 0.25) is 0 Å². The Kier molecular flexibility index (Phi) is 12.1. The van der Waals surface area contributed by atoms with Gasteiger partial charge in [-0.05, 0) is 68.5 Å². The molecule has 6 heteroatoms. The quantitative estimate of drug-likeness (QED) is 0.205. The molecule has 0 saturated heterocycles. The van der Waals surface area contributed by atoms with E-state index < -0.39 is 0 Å². The van der Waals surface area contributed by atoms with E-state index in [-0.39, 0.29) is 18.4 Å². The second-order valence-corrected chi connectivity index (χ2v) is 9.68. The number of aryl methyl sites for hydroxylation is 2. The van der Waals surface area contributed by atoms with Crippen molar-refractivity contribution in [2.24, 2.45) is 0 Å². The zero-order valence-corrected chi connectivity index (χ0v) is 23.2. The average Bonchev–Trinajstić information content (AvgIpc) is 3.35. The first kappa shape index (κ1) is 29.2. The number of benzene rings is 2. The fourth-order valence-corrected chi connectivity index (χ4v) is 4.39. The number of rotatable bonds is 16. The summed E-state index contributed by atoms with van der Waals surface area (Å²) < 4.78 is 11.3. The maximum atomic E-state index is 13.7. The normalized spacial score (nSPS) is 10.9. The maximum Gasteiger partial charge on any atom is 0.254 e. The Hall–Kier alpha value is -3.38. The standard InChI is InChI=1S/C32H42N2O4/c1-4-6-8-12-27-16-18-29(19-17-27)32(36)33(21-11-22-37-5-2)25-31(35)34(23-28-13-9-7-10-14-28)24-30-20-15-26(3)38-30/h7,9-10,13-20H,4-6,8,11-12,21-25H2,1-3H3. The lowest BCUT2D eigenvalue weighted by Gasteiger charge is -2.27. The van der Waals surface area contributed by atoms with Gasteiger partial charge in [0.25, 0.3) is 5.91 Å². The lowest BCUT2D eigenvalue weighted by Crippen LogP contribution is -2.43. The lowest BCUT2D eigenvalue weighted by atomic mass is 10.0. The van der Waals surface area contributed by atoms with Crippen LogP contribution in [0, 0.1) is 6.92 Å². The largest absolute Gasteiger partial charge is 0.464 e. The molecule has 1 heterocycles. The van der Waals surface area contributed by atoms with Gasteiger partial charge in [-0.25, -0.2) is 0 Å². The van der Waals surface area contributed by atoms with Crippen molar-refractivity contribution in [1.29, 1.82) is 0 Å². The van der Waals surface area contributed by atoms with Crippen LogP contribution in [0.3, 0.4) is 0 Å². The summed E-state index contributed by atoms with van der Waals surface area (Å²) in [7, 11) is 0. The van der Waals surface area contributed by atoms with Crippen molar-refractivity contribution >= 4 is 11.8 Å². The van der Waals surface area contributed by atoms with E-state index in [0.717, 1.165) is 29.9 Å². The number of amides is 2. The summed E-state index contributed by atoms with van der Waals surface area (Å²) in [6, 6.07) is 21.5. The average molecular weight is 519 g/mol. The molecule has 1 aromatic heterocycles. The number of carbonyl (C=O) groups is 2. The molecule has 0 bridgehead atoms. The zero-order chi connectivity index (χ0) is 27.2. The first-order chi connectivity index (χ1) is 18.5. The second kappa shape index (κ2) is 15.8. The van der Waals surface area contributed by atoms with Crippen molar-refractivity contribution in [2.45, 2.75) is 66.0 Å². The Morgan fingerprint density at radius 1 is 0.816 bits per heavy atom. The molecule has 0 unspecified atom stereocenters. The fraction of sp³-hybridized carbons (Fsp3) is 0.438. The van der Waals surface area contributed by atoms with E-state index in [1.165, 1.54) is 18.4 Å². The van der Waals surface area contributed by atoms with Gasteiger partial charge in [0.2, 0.25) is 5.91 Å². The Balaban J connectivity index is 1.75. The number of ether oxygens (including phenoxy) is 1. The molecule has 0 atom stereocenters. The van der Waals surface area contributed by atoms with Gasteiger partial charge in [0.05, 0.1) is 6.54 Å². The summed E-state index contributed by atoms with van der Waals surface area (Å²) in [6.07, 6.45) is 5.21. The molecule has 0 aliphatic carbocycles. The van der Waals surface area contributed by atoms with Gasteiger partial charge in [0.15, 0.2) is 0 Å². The summed E-state index contributed by atoms with van der Waals surface area (Å²) in [6.45, 7) is 8.43. The van der Waals surface area contributed by atoms with Crippen molar-refractivity contribution in [3.05, 3.63) is 94.9 Å². The SMILES string of the molecule is CCCCCc1ccc(C(=O)N(CCCOCC)CC(=O)N(Cc2ccccc2)Cc2ccc(C)o2)cc1. The predicted molar refractivity (Wildman–Crippen MR) is 151 cm³/mol. The summed E-state index contributed by atoms with van der Waals surface area (Å²) >= 11 is 0. The Morgan fingerprint density at radius 3 is 2.24 bits per heavy atom. The molecule has 0 fully saturated rings. The summed E-state index contributed by atoms with van der Waals surface area (Å²) in [4.78, 5) is 30.6. The van der Waals surface area contributed by atoms with Crippen molar-refractivity contribution < 1.29 is 18.7 Å². The highest BCUT2D eigenvalue weighted by Crippen LogP contribution is 2.16. The maximum absolute atomic E-state index is 13.7. The summed E-state index contributed by atoms with van der Waals surface area (Å²) in [5.74, 6) is 1.27. The van der Waals surface area contributed by atoms with E-state index in [2.05, 4.69) is 6.92 Å². The van der Waals surface area contributed by atoms with Gasteiger partial charge in [0, 0.05) is 31.9 Å². The fourth-order valence-electron chi connectivity index (χ4n) is 4.39. The molecule has 0 spiro atoms. The number of carbonyl (C=O) groups excluding carboxylic acids is 2. The van der Waals surface area contributed by atoms with Crippen LogP contribution in [0.5, 0.6) is 0 Å². The van der Waals surface area contributed by atoms with Gasteiger partial charge in [0.1, 0.15) is 18.1 Å². The van der Waals surface area contributed by atoms with Crippen LogP contribution in [0.25, 0.3) is 0 Å². The van der Waals surface area contributed by atoms with Gasteiger partial charge in [-0.2, -0.15) is 0 Å². The number of hydrogen-bond acceptors (Lipinski definition) is 4. The summed E-state index contributed by atoms with van der Waals surface area (Å²) in [5, 5.41) is 0. The van der Waals surface area contributed by atoms with Crippen LogP contribution in [0.4, 0.5) is 0 Å². The minimum Gasteiger partial charge on any atom is -0.464 e. The van der Waals surface area contributed by atoms with Gasteiger partial charge in [-0.3, -0.25) is 9.59 Å². The molecule has 0 aliphatic rings. The van der Waals surface area contributed by atoms with Crippen molar-refractivity contribution in [3.8, 4) is 0 Å². The molecule has 3 aromatic rings. The predicted octanol–water partition coefficient (Wildman–Crippen LogP) is 6.42. The molecular weight excluding hydrogens is 476 g/mol. The molecule has 2 amide bonds. The van der Waals surface area contributed by atoms with E-state index in [9.17, 15) is 9.59 Å². The van der Waals surface area contributed by atoms with Gasteiger partial charge in [-0.1, -0.05) is 62.2 Å². The molecule has 0 saturated carbocycles. The van der Waals surface area contributed by atoms with Gasteiger partial charge in [-0.15, -0.1) is 0 Å². The third kappa shape index (κ3) is 9.49. The molecular formula is C32H42N2O4. The Morgan fingerprint density at radius 2 is 1.58 bits per heavy atom. The molecule has 3 rings (SSSR count). The smallest absolute Gasteiger partial charge is 0.254 e. The molecule has 0 aliphatic heterocycles. The number of hydrogen-bond donors (Lipinski definition) is 0. The van der Waals surface area contributed by atoms with Crippen LogP contribution in [0.1, 0.15) is 72.5 Å². The number of furan rings is 1. The molecule has 0 radical (unpaired) electrons.